The topological polar surface area (TPSA) is 82.3 Å². The summed E-state index contributed by atoms with van der Waals surface area (Å²) in [4.78, 5) is 11.2. The second kappa shape index (κ2) is 6.51. The zero-order valence-corrected chi connectivity index (χ0v) is 9.56. The predicted octanol–water partition coefficient (Wildman–Crippen LogP) is 0.506. The highest BCUT2D eigenvalue weighted by molar-refractivity contribution is 5.77. The second-order valence-electron chi connectivity index (χ2n) is 3.49. The molecule has 5 nitrogen and oxygen atoms in total. The molecule has 0 bridgehead atoms. The number of aliphatic hydroxyl groups excluding tert-OH is 1. The van der Waals surface area contributed by atoms with Crippen LogP contribution in [0.15, 0.2) is 18.2 Å². The lowest BCUT2D eigenvalue weighted by Gasteiger charge is -2.10. The van der Waals surface area contributed by atoms with Gasteiger partial charge in [0.2, 0.25) is 0 Å². The van der Waals surface area contributed by atoms with Gasteiger partial charge in [-0.2, -0.15) is 5.26 Å². The molecule has 1 aromatic rings. The maximum absolute atomic E-state index is 11.2. The quantitative estimate of drug-likeness (QED) is 0.727. The number of rotatable bonds is 5. The van der Waals surface area contributed by atoms with E-state index in [9.17, 15) is 4.79 Å². The van der Waals surface area contributed by atoms with Gasteiger partial charge in [-0.15, -0.1) is 0 Å². The Bertz CT molecular complexity index is 438. The van der Waals surface area contributed by atoms with Gasteiger partial charge in [-0.1, -0.05) is 17.7 Å². The Kier molecular flexibility index (Phi) is 4.98. The number of nitrogens with zero attached hydrogens (tertiary/aromatic N) is 1. The third-order valence-electron chi connectivity index (χ3n) is 2.11. The highest BCUT2D eigenvalue weighted by atomic mass is 16.5. The van der Waals surface area contributed by atoms with Crippen LogP contribution in [-0.4, -0.2) is 24.2 Å². The first-order chi connectivity index (χ1) is 8.17. The Morgan fingerprint density at radius 3 is 3.00 bits per heavy atom. The summed E-state index contributed by atoms with van der Waals surface area (Å²) in [6.07, 6.45) is 0. The van der Waals surface area contributed by atoms with E-state index in [1.807, 2.05) is 13.0 Å². The van der Waals surface area contributed by atoms with Crippen LogP contribution in [0.2, 0.25) is 0 Å². The van der Waals surface area contributed by atoms with Crippen molar-refractivity contribution in [1.29, 1.82) is 5.26 Å². The molecule has 0 saturated carbocycles. The molecule has 0 atom stereocenters. The van der Waals surface area contributed by atoms with Gasteiger partial charge in [-0.25, -0.2) is 0 Å². The maximum atomic E-state index is 11.2. The number of ether oxygens (including phenoxy) is 1. The molecular formula is C12H14N2O3. The summed E-state index contributed by atoms with van der Waals surface area (Å²) in [6, 6.07) is 7.14. The van der Waals surface area contributed by atoms with Gasteiger partial charge in [-0.05, 0) is 13.0 Å². The zero-order chi connectivity index (χ0) is 12.7. The number of amides is 1. The van der Waals surface area contributed by atoms with Crippen LogP contribution >= 0.6 is 0 Å². The van der Waals surface area contributed by atoms with Crippen molar-refractivity contribution in [3.63, 3.8) is 0 Å². The summed E-state index contributed by atoms with van der Waals surface area (Å²) in [5.74, 6) is 0.112. The number of nitriles is 1. The molecule has 0 radical (unpaired) electrons. The highest BCUT2D eigenvalue weighted by Gasteiger charge is 2.06. The van der Waals surface area contributed by atoms with Gasteiger partial charge in [0, 0.05) is 5.56 Å². The fourth-order valence-corrected chi connectivity index (χ4v) is 1.31. The van der Waals surface area contributed by atoms with Crippen LogP contribution in [0.5, 0.6) is 5.75 Å². The van der Waals surface area contributed by atoms with Crippen LogP contribution in [0.1, 0.15) is 11.1 Å². The Morgan fingerprint density at radius 1 is 1.59 bits per heavy atom. The van der Waals surface area contributed by atoms with Crippen molar-refractivity contribution in [3.05, 3.63) is 29.3 Å². The first-order valence-corrected chi connectivity index (χ1v) is 5.14. The minimum absolute atomic E-state index is 0.0387. The first-order valence-electron chi connectivity index (χ1n) is 5.14. The molecule has 0 aliphatic heterocycles. The number of nitrogens with one attached hydrogen (secondary N) is 1. The maximum Gasteiger partial charge on any atom is 0.258 e. The lowest BCUT2D eigenvalue weighted by atomic mass is 10.1. The molecule has 0 fully saturated rings. The van der Waals surface area contributed by atoms with E-state index in [0.717, 1.165) is 5.56 Å². The van der Waals surface area contributed by atoms with E-state index in [2.05, 4.69) is 5.32 Å². The molecule has 0 heterocycles. The third-order valence-corrected chi connectivity index (χ3v) is 2.11. The predicted molar refractivity (Wildman–Crippen MR) is 61.2 cm³/mol. The van der Waals surface area contributed by atoms with Gasteiger partial charge in [0.1, 0.15) is 12.3 Å². The number of aliphatic hydroxyl groups is 1. The smallest absolute Gasteiger partial charge is 0.258 e. The normalized spacial score (nSPS) is 9.47. The average Bonchev–Trinajstić information content (AvgIpc) is 2.34. The molecule has 1 rings (SSSR count). The van der Waals surface area contributed by atoms with Crippen molar-refractivity contribution >= 4 is 5.91 Å². The molecule has 0 aromatic heterocycles. The fraction of sp³-hybridized carbons (Fsp3) is 0.333. The van der Waals surface area contributed by atoms with E-state index in [0.29, 0.717) is 11.3 Å². The molecule has 1 aromatic carbocycles. The van der Waals surface area contributed by atoms with Crippen molar-refractivity contribution < 1.29 is 14.6 Å². The Balaban J connectivity index is 2.57. The molecule has 0 aliphatic rings. The summed E-state index contributed by atoms with van der Waals surface area (Å²) in [5.41, 5.74) is 1.65. The second-order valence-corrected chi connectivity index (χ2v) is 3.49. The minimum Gasteiger partial charge on any atom is -0.483 e. The van der Waals surface area contributed by atoms with Gasteiger partial charge >= 0.3 is 0 Å². The average molecular weight is 234 g/mol. The van der Waals surface area contributed by atoms with Crippen molar-refractivity contribution in [1.82, 2.24) is 5.32 Å². The van der Waals surface area contributed by atoms with Crippen LogP contribution in [0, 0.1) is 18.3 Å². The summed E-state index contributed by atoms with van der Waals surface area (Å²) in [6.45, 7) is 1.56. The van der Waals surface area contributed by atoms with E-state index >= 15 is 0 Å². The van der Waals surface area contributed by atoms with E-state index in [1.54, 1.807) is 18.2 Å². The molecule has 0 unspecified atom stereocenters. The highest BCUT2D eigenvalue weighted by Crippen LogP contribution is 2.19. The van der Waals surface area contributed by atoms with Gasteiger partial charge in [-0.3, -0.25) is 4.79 Å². The van der Waals surface area contributed by atoms with Crippen molar-refractivity contribution in [2.24, 2.45) is 0 Å². The molecule has 0 spiro atoms. The number of aryl methyl sites for hydroxylation is 1. The van der Waals surface area contributed by atoms with E-state index < -0.39 is 0 Å². The molecular weight excluding hydrogens is 220 g/mol. The molecule has 0 saturated heterocycles. The number of hydrogen-bond donors (Lipinski definition) is 2. The monoisotopic (exact) mass is 234 g/mol. The summed E-state index contributed by atoms with van der Waals surface area (Å²) in [5, 5.41) is 19.8. The van der Waals surface area contributed by atoms with Crippen LogP contribution < -0.4 is 10.1 Å². The number of benzene rings is 1. The third kappa shape index (κ3) is 4.13. The largest absolute Gasteiger partial charge is 0.483 e. The van der Waals surface area contributed by atoms with Gasteiger partial charge in [0.05, 0.1) is 12.7 Å². The summed E-state index contributed by atoms with van der Waals surface area (Å²) >= 11 is 0. The minimum atomic E-state index is -0.365. The molecule has 1 amide bonds. The number of carbonyl (C=O) groups excluding carboxylic acids is 1. The van der Waals surface area contributed by atoms with Gasteiger partial charge < -0.3 is 15.2 Å². The summed E-state index contributed by atoms with van der Waals surface area (Å²) in [7, 11) is 0. The van der Waals surface area contributed by atoms with Crippen LogP contribution in [0.25, 0.3) is 0 Å². The molecule has 90 valence electrons. The van der Waals surface area contributed by atoms with Gasteiger partial charge in [0.25, 0.3) is 5.91 Å². The van der Waals surface area contributed by atoms with Crippen molar-refractivity contribution in [3.8, 4) is 11.8 Å². The molecule has 17 heavy (non-hydrogen) atoms. The Labute approximate surface area is 99.6 Å². The SMILES string of the molecule is Cc1ccc(OCC(=O)NCC#N)c(CO)c1. The van der Waals surface area contributed by atoms with Crippen molar-refractivity contribution in [2.45, 2.75) is 13.5 Å². The molecule has 0 aliphatic carbocycles. The fourth-order valence-electron chi connectivity index (χ4n) is 1.31. The van der Waals surface area contributed by atoms with Crippen LogP contribution in [-0.2, 0) is 11.4 Å². The lowest BCUT2D eigenvalue weighted by molar-refractivity contribution is -0.122. The first kappa shape index (κ1) is 13.0. The van der Waals surface area contributed by atoms with Crippen molar-refractivity contribution in [2.75, 3.05) is 13.2 Å². The lowest BCUT2D eigenvalue weighted by Crippen LogP contribution is -2.29. The number of carbonyl (C=O) groups is 1. The van der Waals surface area contributed by atoms with E-state index in [-0.39, 0.29) is 25.7 Å². The van der Waals surface area contributed by atoms with E-state index in [4.69, 9.17) is 15.1 Å². The zero-order valence-electron chi connectivity index (χ0n) is 9.56. The standard InChI is InChI=1S/C12H14N2O3/c1-9-2-3-11(10(6-9)7-15)17-8-12(16)14-5-4-13/h2-3,6,15H,5,7-8H2,1H3,(H,14,16). The summed E-state index contributed by atoms with van der Waals surface area (Å²) < 4.78 is 5.26. The molecule has 2 N–H and O–H groups in total. The van der Waals surface area contributed by atoms with E-state index in [1.165, 1.54) is 0 Å². The Hall–Kier alpha value is -2.06. The van der Waals surface area contributed by atoms with Crippen LogP contribution in [0.3, 0.4) is 0 Å². The van der Waals surface area contributed by atoms with Crippen LogP contribution in [0.4, 0.5) is 0 Å². The Morgan fingerprint density at radius 2 is 2.35 bits per heavy atom. The number of hydrogen-bond acceptors (Lipinski definition) is 4. The van der Waals surface area contributed by atoms with Gasteiger partial charge in [0.15, 0.2) is 6.61 Å². The molecule has 5 heteroatoms.